The van der Waals surface area contributed by atoms with Crippen molar-refractivity contribution < 1.29 is 19.7 Å². The number of benzene rings is 1. The molecule has 0 radical (unpaired) electrons. The largest absolute Gasteiger partial charge is 0.491 e. The van der Waals surface area contributed by atoms with Gasteiger partial charge >= 0.3 is 5.97 Å². The van der Waals surface area contributed by atoms with Crippen molar-refractivity contribution >= 4 is 12.0 Å². The molecule has 2 N–H and O–H groups in total. The van der Waals surface area contributed by atoms with E-state index in [1.807, 2.05) is 0 Å². The standard InChI is InChI=1S/C12H14O4/c1-9(12(14)15)8-10-4-2-3-5-11(10)16-7-6-13/h2-5,8,13H,6-7H2,1H3,(H,14,15)/b9-8+. The summed E-state index contributed by atoms with van der Waals surface area (Å²) >= 11 is 0. The van der Waals surface area contributed by atoms with Gasteiger partial charge in [0.25, 0.3) is 0 Å². The van der Waals surface area contributed by atoms with Gasteiger partial charge in [-0.2, -0.15) is 0 Å². The van der Waals surface area contributed by atoms with Gasteiger partial charge in [-0.1, -0.05) is 18.2 Å². The molecule has 0 saturated carbocycles. The van der Waals surface area contributed by atoms with E-state index in [4.69, 9.17) is 14.9 Å². The van der Waals surface area contributed by atoms with Crippen LogP contribution in [-0.4, -0.2) is 29.4 Å². The molecule has 1 aromatic rings. The van der Waals surface area contributed by atoms with Crippen molar-refractivity contribution in [3.8, 4) is 5.75 Å². The molecule has 0 aliphatic carbocycles. The van der Waals surface area contributed by atoms with E-state index < -0.39 is 5.97 Å². The minimum absolute atomic E-state index is 0.0735. The third-order valence-electron chi connectivity index (χ3n) is 1.98. The molecule has 1 aromatic carbocycles. The Hall–Kier alpha value is -1.81. The van der Waals surface area contributed by atoms with E-state index in [0.717, 1.165) is 0 Å². The SMILES string of the molecule is C/C(=C\c1ccccc1OCCO)C(=O)O. The van der Waals surface area contributed by atoms with Crippen molar-refractivity contribution in [3.63, 3.8) is 0 Å². The van der Waals surface area contributed by atoms with Crippen molar-refractivity contribution in [1.29, 1.82) is 0 Å². The first-order chi connectivity index (χ1) is 7.65. The fraction of sp³-hybridized carbons (Fsp3) is 0.250. The number of carboxylic acids is 1. The summed E-state index contributed by atoms with van der Waals surface area (Å²) in [5, 5.41) is 17.4. The molecule has 4 nitrogen and oxygen atoms in total. The van der Waals surface area contributed by atoms with Crippen LogP contribution in [0.3, 0.4) is 0 Å². The number of hydrogen-bond acceptors (Lipinski definition) is 3. The van der Waals surface area contributed by atoms with Crippen molar-refractivity contribution in [2.75, 3.05) is 13.2 Å². The van der Waals surface area contributed by atoms with Gasteiger partial charge in [0.2, 0.25) is 0 Å². The number of carbonyl (C=O) groups is 1. The van der Waals surface area contributed by atoms with Crippen LogP contribution in [-0.2, 0) is 4.79 Å². The van der Waals surface area contributed by atoms with Crippen LogP contribution < -0.4 is 4.74 Å². The molecule has 0 fully saturated rings. The number of ether oxygens (including phenoxy) is 1. The highest BCUT2D eigenvalue weighted by Crippen LogP contribution is 2.20. The molecule has 0 bridgehead atoms. The maximum absolute atomic E-state index is 10.7. The summed E-state index contributed by atoms with van der Waals surface area (Å²) in [6.45, 7) is 1.64. The molecule has 0 aromatic heterocycles. The Labute approximate surface area is 93.8 Å². The summed E-state index contributed by atoms with van der Waals surface area (Å²) in [7, 11) is 0. The molecule has 1 rings (SSSR count). The summed E-state index contributed by atoms with van der Waals surface area (Å²) in [4.78, 5) is 10.7. The van der Waals surface area contributed by atoms with E-state index in [1.54, 1.807) is 24.3 Å². The van der Waals surface area contributed by atoms with Crippen LogP contribution >= 0.6 is 0 Å². The third kappa shape index (κ3) is 3.40. The fourth-order valence-corrected chi connectivity index (χ4v) is 1.18. The predicted octanol–water partition coefficient (Wildman–Crippen LogP) is 1.55. The topological polar surface area (TPSA) is 66.8 Å². The van der Waals surface area contributed by atoms with Gasteiger partial charge < -0.3 is 14.9 Å². The monoisotopic (exact) mass is 222 g/mol. The van der Waals surface area contributed by atoms with E-state index in [9.17, 15) is 4.79 Å². The number of aliphatic carboxylic acids is 1. The van der Waals surface area contributed by atoms with Gasteiger partial charge in [-0.25, -0.2) is 4.79 Å². The molecule has 0 aliphatic rings. The summed E-state index contributed by atoms with van der Waals surface area (Å²) in [5.41, 5.74) is 0.927. The Bertz CT molecular complexity index is 396. The number of aliphatic hydroxyl groups excluding tert-OH is 1. The highest BCUT2D eigenvalue weighted by Gasteiger charge is 2.04. The van der Waals surface area contributed by atoms with Gasteiger partial charge in [-0.3, -0.25) is 0 Å². The quantitative estimate of drug-likeness (QED) is 0.742. The lowest BCUT2D eigenvalue weighted by atomic mass is 10.1. The number of aliphatic hydroxyl groups is 1. The predicted molar refractivity (Wildman–Crippen MR) is 60.3 cm³/mol. The number of rotatable bonds is 5. The summed E-state index contributed by atoms with van der Waals surface area (Å²) in [5.74, 6) is -0.394. The Morgan fingerprint density at radius 2 is 2.12 bits per heavy atom. The minimum Gasteiger partial charge on any atom is -0.491 e. The Morgan fingerprint density at radius 3 is 2.75 bits per heavy atom. The van der Waals surface area contributed by atoms with Crippen molar-refractivity contribution in [2.45, 2.75) is 6.92 Å². The van der Waals surface area contributed by atoms with Gasteiger partial charge in [-0.15, -0.1) is 0 Å². The summed E-state index contributed by atoms with van der Waals surface area (Å²) < 4.78 is 5.28. The van der Waals surface area contributed by atoms with Gasteiger partial charge in [-0.05, 0) is 19.1 Å². The first kappa shape index (κ1) is 12.3. The lowest BCUT2D eigenvalue weighted by molar-refractivity contribution is -0.132. The zero-order chi connectivity index (χ0) is 12.0. The van der Waals surface area contributed by atoms with Gasteiger partial charge in [0.15, 0.2) is 0 Å². The lowest BCUT2D eigenvalue weighted by Crippen LogP contribution is -2.03. The van der Waals surface area contributed by atoms with Gasteiger partial charge in [0, 0.05) is 11.1 Å². The Morgan fingerprint density at radius 1 is 1.44 bits per heavy atom. The highest BCUT2D eigenvalue weighted by atomic mass is 16.5. The van der Waals surface area contributed by atoms with E-state index >= 15 is 0 Å². The van der Waals surface area contributed by atoms with Crippen LogP contribution in [0.2, 0.25) is 0 Å². The molecular formula is C12H14O4. The minimum atomic E-state index is -0.961. The van der Waals surface area contributed by atoms with E-state index in [1.165, 1.54) is 13.0 Å². The second-order valence-corrected chi connectivity index (χ2v) is 3.24. The third-order valence-corrected chi connectivity index (χ3v) is 1.98. The van der Waals surface area contributed by atoms with Crippen LogP contribution in [0.15, 0.2) is 29.8 Å². The molecule has 0 unspecified atom stereocenters. The zero-order valence-corrected chi connectivity index (χ0v) is 9.01. The molecule has 86 valence electrons. The van der Waals surface area contributed by atoms with Gasteiger partial charge in [0.05, 0.1) is 6.61 Å². The number of carboxylic acid groups (broad SMARTS) is 1. The van der Waals surface area contributed by atoms with E-state index in [2.05, 4.69) is 0 Å². The molecule has 0 heterocycles. The average molecular weight is 222 g/mol. The number of para-hydroxylation sites is 1. The summed E-state index contributed by atoms with van der Waals surface area (Å²) in [6, 6.07) is 7.09. The molecule has 0 amide bonds. The maximum atomic E-state index is 10.7. The van der Waals surface area contributed by atoms with Crippen LogP contribution in [0.5, 0.6) is 5.75 Å². The highest BCUT2D eigenvalue weighted by molar-refractivity contribution is 5.91. The molecule has 0 atom stereocenters. The van der Waals surface area contributed by atoms with Crippen LogP contribution in [0, 0.1) is 0 Å². The second-order valence-electron chi connectivity index (χ2n) is 3.24. The van der Waals surface area contributed by atoms with Crippen LogP contribution in [0.4, 0.5) is 0 Å². The molecular weight excluding hydrogens is 208 g/mol. The smallest absolute Gasteiger partial charge is 0.331 e. The maximum Gasteiger partial charge on any atom is 0.331 e. The van der Waals surface area contributed by atoms with Crippen molar-refractivity contribution in [2.24, 2.45) is 0 Å². The average Bonchev–Trinajstić information content (AvgIpc) is 2.27. The van der Waals surface area contributed by atoms with Gasteiger partial charge in [0.1, 0.15) is 12.4 Å². The number of hydrogen-bond donors (Lipinski definition) is 2. The first-order valence-corrected chi connectivity index (χ1v) is 4.89. The molecule has 0 saturated heterocycles. The zero-order valence-electron chi connectivity index (χ0n) is 9.01. The molecule has 4 heteroatoms. The Kier molecular flexibility index (Phi) is 4.54. The first-order valence-electron chi connectivity index (χ1n) is 4.89. The second kappa shape index (κ2) is 5.92. The normalized spacial score (nSPS) is 11.2. The van der Waals surface area contributed by atoms with Crippen LogP contribution in [0.1, 0.15) is 12.5 Å². The summed E-state index contributed by atoms with van der Waals surface area (Å²) in [6.07, 6.45) is 1.54. The fourth-order valence-electron chi connectivity index (χ4n) is 1.18. The van der Waals surface area contributed by atoms with Crippen molar-refractivity contribution in [1.82, 2.24) is 0 Å². The molecule has 16 heavy (non-hydrogen) atoms. The molecule has 0 spiro atoms. The van der Waals surface area contributed by atoms with E-state index in [-0.39, 0.29) is 18.8 Å². The lowest BCUT2D eigenvalue weighted by Gasteiger charge is -2.07. The molecule has 0 aliphatic heterocycles. The van der Waals surface area contributed by atoms with Crippen LogP contribution in [0.25, 0.3) is 6.08 Å². The Balaban J connectivity index is 2.94. The van der Waals surface area contributed by atoms with E-state index in [0.29, 0.717) is 11.3 Å². The van der Waals surface area contributed by atoms with Crippen molar-refractivity contribution in [3.05, 3.63) is 35.4 Å².